The number of hydrogen-bond donors (Lipinski definition) is 1. The third-order valence-electron chi connectivity index (χ3n) is 3.03. The highest BCUT2D eigenvalue weighted by Gasteiger charge is 2.17. The van der Waals surface area contributed by atoms with Gasteiger partial charge in [-0.25, -0.2) is 0 Å². The lowest BCUT2D eigenvalue weighted by molar-refractivity contribution is 0.388. The van der Waals surface area contributed by atoms with E-state index in [-0.39, 0.29) is 0 Å². The van der Waals surface area contributed by atoms with Crippen LogP contribution in [0.3, 0.4) is 0 Å². The van der Waals surface area contributed by atoms with Gasteiger partial charge in [0.15, 0.2) is 0 Å². The topological polar surface area (TPSA) is 12.0 Å². The van der Waals surface area contributed by atoms with Gasteiger partial charge in [0.25, 0.3) is 0 Å². The molecule has 0 aliphatic rings. The van der Waals surface area contributed by atoms with E-state index in [2.05, 4.69) is 24.5 Å². The molecule has 1 nitrogen and oxygen atoms in total. The number of nitrogens with one attached hydrogen (secondary N) is 1. The molecule has 1 atom stereocenters. The van der Waals surface area contributed by atoms with Crippen LogP contribution in [0.5, 0.6) is 0 Å². The van der Waals surface area contributed by atoms with Crippen LogP contribution in [0, 0.1) is 5.92 Å². The number of halogens is 1. The Labute approximate surface area is 102 Å². The Morgan fingerprint density at radius 1 is 1.40 bits per heavy atom. The molecule has 86 valence electrons. The highest BCUT2D eigenvalue weighted by atomic mass is 35.5. The molecule has 0 saturated carbocycles. The second kappa shape index (κ2) is 6.51. The molecular weight excluding hydrogens is 226 g/mol. The number of thiophene rings is 1. The van der Waals surface area contributed by atoms with E-state index in [1.165, 1.54) is 24.1 Å². The lowest BCUT2D eigenvalue weighted by atomic mass is 9.94. The van der Waals surface area contributed by atoms with Gasteiger partial charge in [-0.15, -0.1) is 11.3 Å². The van der Waals surface area contributed by atoms with Crippen molar-refractivity contribution in [2.24, 2.45) is 5.92 Å². The zero-order chi connectivity index (χ0) is 11.3. The molecule has 1 rings (SSSR count). The molecule has 1 unspecified atom stereocenters. The van der Waals surface area contributed by atoms with Gasteiger partial charge in [0.05, 0.1) is 5.02 Å². The van der Waals surface area contributed by atoms with E-state index in [1.54, 1.807) is 11.3 Å². The summed E-state index contributed by atoms with van der Waals surface area (Å²) in [5, 5.41) is 6.34. The molecule has 0 bridgehead atoms. The van der Waals surface area contributed by atoms with E-state index in [9.17, 15) is 0 Å². The quantitative estimate of drug-likeness (QED) is 0.779. The van der Waals surface area contributed by atoms with Crippen LogP contribution in [0.25, 0.3) is 0 Å². The molecule has 0 aliphatic carbocycles. The summed E-state index contributed by atoms with van der Waals surface area (Å²) >= 11 is 7.90. The van der Waals surface area contributed by atoms with Gasteiger partial charge >= 0.3 is 0 Å². The van der Waals surface area contributed by atoms with Crippen molar-refractivity contribution in [3.05, 3.63) is 21.3 Å². The molecule has 15 heavy (non-hydrogen) atoms. The minimum atomic E-state index is 0.419. The van der Waals surface area contributed by atoms with E-state index in [1.807, 2.05) is 13.1 Å². The van der Waals surface area contributed by atoms with Crippen LogP contribution in [0.2, 0.25) is 5.02 Å². The highest BCUT2D eigenvalue weighted by Crippen LogP contribution is 2.33. The van der Waals surface area contributed by atoms with Crippen molar-refractivity contribution in [1.29, 1.82) is 0 Å². The minimum Gasteiger partial charge on any atom is -0.312 e. The van der Waals surface area contributed by atoms with Crippen LogP contribution in [-0.2, 0) is 0 Å². The molecule has 0 radical (unpaired) electrons. The zero-order valence-electron chi connectivity index (χ0n) is 9.72. The van der Waals surface area contributed by atoms with Crippen molar-refractivity contribution < 1.29 is 0 Å². The van der Waals surface area contributed by atoms with Crippen molar-refractivity contribution in [1.82, 2.24) is 5.32 Å². The van der Waals surface area contributed by atoms with Crippen molar-refractivity contribution in [2.45, 2.75) is 39.2 Å². The van der Waals surface area contributed by atoms with Crippen LogP contribution >= 0.6 is 22.9 Å². The van der Waals surface area contributed by atoms with Gasteiger partial charge in [-0.3, -0.25) is 0 Å². The molecule has 1 N–H and O–H groups in total. The Bertz CT molecular complexity index is 281. The van der Waals surface area contributed by atoms with E-state index in [4.69, 9.17) is 11.6 Å². The van der Waals surface area contributed by atoms with Crippen LogP contribution in [0.1, 0.15) is 44.0 Å². The van der Waals surface area contributed by atoms with Crippen molar-refractivity contribution in [2.75, 3.05) is 7.05 Å². The molecule has 0 amide bonds. The third kappa shape index (κ3) is 3.47. The summed E-state index contributed by atoms with van der Waals surface area (Å²) in [6.07, 6.45) is 3.68. The molecule has 0 spiro atoms. The first-order valence-corrected chi connectivity index (χ1v) is 6.88. The van der Waals surface area contributed by atoms with Crippen molar-refractivity contribution in [3.63, 3.8) is 0 Å². The molecule has 1 heterocycles. The van der Waals surface area contributed by atoms with Gasteiger partial charge in [0.1, 0.15) is 0 Å². The fraction of sp³-hybridized carbons (Fsp3) is 0.667. The summed E-state index contributed by atoms with van der Waals surface area (Å²) in [7, 11) is 2.02. The summed E-state index contributed by atoms with van der Waals surface area (Å²) in [5.41, 5.74) is 0. The maximum atomic E-state index is 6.15. The lowest BCUT2D eigenvalue weighted by Gasteiger charge is -2.20. The molecule has 0 fully saturated rings. The number of hydrogen-bond acceptors (Lipinski definition) is 2. The zero-order valence-corrected chi connectivity index (χ0v) is 11.3. The average Bonchev–Trinajstić information content (AvgIpc) is 2.67. The Morgan fingerprint density at radius 2 is 2.07 bits per heavy atom. The first kappa shape index (κ1) is 13.0. The van der Waals surface area contributed by atoms with Crippen LogP contribution in [0.15, 0.2) is 11.4 Å². The standard InChI is InChI=1S/C12H20ClNS/c1-4-9(5-2)8-11(14-3)12-10(13)6-7-15-12/h6-7,9,11,14H,4-5,8H2,1-3H3. The predicted octanol–water partition coefficient (Wildman–Crippen LogP) is 4.49. The van der Waals surface area contributed by atoms with Crippen LogP contribution in [-0.4, -0.2) is 7.05 Å². The molecule has 1 aromatic rings. The summed E-state index contributed by atoms with van der Waals surface area (Å²) < 4.78 is 0. The fourth-order valence-corrected chi connectivity index (χ4v) is 3.18. The predicted molar refractivity (Wildman–Crippen MR) is 69.8 cm³/mol. The van der Waals surface area contributed by atoms with Gasteiger partial charge in [-0.05, 0) is 30.8 Å². The van der Waals surface area contributed by atoms with Crippen LogP contribution in [0.4, 0.5) is 0 Å². The largest absolute Gasteiger partial charge is 0.312 e. The second-order valence-corrected chi connectivity index (χ2v) is 5.25. The number of rotatable bonds is 6. The lowest BCUT2D eigenvalue weighted by Crippen LogP contribution is -2.18. The summed E-state index contributed by atoms with van der Waals surface area (Å²) in [4.78, 5) is 1.28. The molecule has 0 aliphatic heterocycles. The second-order valence-electron chi connectivity index (χ2n) is 3.89. The highest BCUT2D eigenvalue weighted by molar-refractivity contribution is 7.10. The Kier molecular flexibility index (Phi) is 5.65. The maximum Gasteiger partial charge on any atom is 0.0561 e. The average molecular weight is 246 g/mol. The monoisotopic (exact) mass is 245 g/mol. The minimum absolute atomic E-state index is 0.419. The van der Waals surface area contributed by atoms with Crippen molar-refractivity contribution in [3.8, 4) is 0 Å². The van der Waals surface area contributed by atoms with E-state index in [0.29, 0.717) is 6.04 Å². The van der Waals surface area contributed by atoms with E-state index < -0.39 is 0 Å². The SMILES string of the molecule is CCC(CC)CC(NC)c1sccc1Cl. The van der Waals surface area contributed by atoms with Crippen molar-refractivity contribution >= 4 is 22.9 Å². The first-order chi connectivity index (χ1) is 7.22. The Hall–Kier alpha value is -0.0500. The van der Waals surface area contributed by atoms with Gasteiger partial charge in [0, 0.05) is 10.9 Å². The first-order valence-electron chi connectivity index (χ1n) is 5.63. The van der Waals surface area contributed by atoms with E-state index >= 15 is 0 Å². The fourth-order valence-electron chi connectivity index (χ4n) is 1.87. The molecule has 3 heteroatoms. The van der Waals surface area contributed by atoms with Crippen LogP contribution < -0.4 is 5.32 Å². The van der Waals surface area contributed by atoms with Gasteiger partial charge in [-0.1, -0.05) is 38.3 Å². The van der Waals surface area contributed by atoms with E-state index in [0.717, 1.165) is 10.9 Å². The summed E-state index contributed by atoms with van der Waals surface area (Å²) in [6.45, 7) is 4.52. The van der Waals surface area contributed by atoms with Gasteiger partial charge in [-0.2, -0.15) is 0 Å². The summed E-state index contributed by atoms with van der Waals surface area (Å²) in [5.74, 6) is 0.792. The van der Waals surface area contributed by atoms with Gasteiger partial charge in [0.2, 0.25) is 0 Å². The molecule has 1 aromatic heterocycles. The normalized spacial score (nSPS) is 13.4. The molecule has 0 saturated heterocycles. The Morgan fingerprint density at radius 3 is 2.47 bits per heavy atom. The maximum absolute atomic E-state index is 6.15. The summed E-state index contributed by atoms with van der Waals surface area (Å²) in [6, 6.07) is 2.40. The smallest absolute Gasteiger partial charge is 0.0561 e. The molecule has 0 aromatic carbocycles. The molecular formula is C12H20ClNS. The third-order valence-corrected chi connectivity index (χ3v) is 4.51. The van der Waals surface area contributed by atoms with Gasteiger partial charge < -0.3 is 5.32 Å². The Balaban J connectivity index is 2.68.